The van der Waals surface area contributed by atoms with E-state index in [9.17, 15) is 14.4 Å². The highest BCUT2D eigenvalue weighted by Crippen LogP contribution is 2.38. The minimum atomic E-state index is -0.226. The minimum absolute atomic E-state index is 0.0811. The van der Waals surface area contributed by atoms with Gasteiger partial charge < -0.3 is 5.32 Å². The number of nitrogens with zero attached hydrogens (tertiary/aromatic N) is 1. The first-order chi connectivity index (χ1) is 14.6. The zero-order valence-corrected chi connectivity index (χ0v) is 18.1. The van der Waals surface area contributed by atoms with Gasteiger partial charge in [0.05, 0.1) is 17.9 Å². The Labute approximate surface area is 181 Å². The highest BCUT2D eigenvalue weighted by Gasteiger charge is 2.47. The van der Waals surface area contributed by atoms with Crippen molar-refractivity contribution in [3.05, 3.63) is 57.8 Å². The second-order valence-corrected chi connectivity index (χ2v) is 9.17. The van der Waals surface area contributed by atoms with Crippen molar-refractivity contribution in [3.8, 4) is 0 Å². The molecule has 0 radical (unpaired) electrons. The van der Waals surface area contributed by atoms with E-state index in [1.807, 2.05) is 17.5 Å². The highest BCUT2D eigenvalue weighted by molar-refractivity contribution is 7.10. The molecule has 3 atom stereocenters. The number of rotatable bonds is 7. The number of thiophene rings is 1. The molecule has 158 valence electrons. The lowest BCUT2D eigenvalue weighted by Crippen LogP contribution is -2.36. The third kappa shape index (κ3) is 4.19. The Morgan fingerprint density at radius 3 is 2.33 bits per heavy atom. The van der Waals surface area contributed by atoms with Crippen molar-refractivity contribution in [3.63, 3.8) is 0 Å². The van der Waals surface area contributed by atoms with Crippen LogP contribution >= 0.6 is 11.3 Å². The van der Waals surface area contributed by atoms with Crippen LogP contribution in [0.25, 0.3) is 0 Å². The van der Waals surface area contributed by atoms with E-state index in [2.05, 4.69) is 36.5 Å². The van der Waals surface area contributed by atoms with E-state index in [1.165, 1.54) is 10.5 Å². The summed E-state index contributed by atoms with van der Waals surface area (Å²) in [5, 5.41) is 5.11. The maximum absolute atomic E-state index is 12.8. The van der Waals surface area contributed by atoms with E-state index < -0.39 is 0 Å². The van der Waals surface area contributed by atoms with E-state index in [0.717, 1.165) is 42.5 Å². The number of amides is 3. The Kier molecular flexibility index (Phi) is 6.32. The van der Waals surface area contributed by atoms with E-state index in [0.29, 0.717) is 0 Å². The maximum Gasteiger partial charge on any atom is 0.233 e. The SMILES string of the molecule is CCc1ccc([C@@H](NC(=O)CCN2C(=O)[C@H]3CCCC[C@@H]3C2=O)c2cccs2)cc1. The van der Waals surface area contributed by atoms with Crippen LogP contribution in [0.3, 0.4) is 0 Å². The van der Waals surface area contributed by atoms with Crippen LogP contribution in [0.15, 0.2) is 41.8 Å². The molecule has 1 aliphatic heterocycles. The first-order valence-corrected chi connectivity index (χ1v) is 11.7. The van der Waals surface area contributed by atoms with E-state index in [4.69, 9.17) is 0 Å². The molecule has 2 fully saturated rings. The van der Waals surface area contributed by atoms with Gasteiger partial charge >= 0.3 is 0 Å². The smallest absolute Gasteiger partial charge is 0.233 e. The summed E-state index contributed by atoms with van der Waals surface area (Å²) >= 11 is 1.60. The zero-order chi connectivity index (χ0) is 21.1. The van der Waals surface area contributed by atoms with Crippen LogP contribution in [0.1, 0.15) is 61.1 Å². The van der Waals surface area contributed by atoms with Crippen molar-refractivity contribution in [1.29, 1.82) is 0 Å². The number of likely N-dealkylation sites (tertiary alicyclic amines) is 1. The van der Waals surface area contributed by atoms with Gasteiger partial charge in [-0.2, -0.15) is 0 Å². The Bertz CT molecular complexity index is 883. The number of carbonyl (C=O) groups excluding carboxylic acids is 3. The van der Waals surface area contributed by atoms with Gasteiger partial charge in [0.15, 0.2) is 0 Å². The second kappa shape index (κ2) is 9.13. The van der Waals surface area contributed by atoms with Crippen molar-refractivity contribution in [2.24, 2.45) is 11.8 Å². The third-order valence-corrected chi connectivity index (χ3v) is 7.29. The molecule has 5 nitrogen and oxygen atoms in total. The number of hydrogen-bond donors (Lipinski definition) is 1. The Hall–Kier alpha value is -2.47. The topological polar surface area (TPSA) is 66.5 Å². The van der Waals surface area contributed by atoms with E-state index in [1.54, 1.807) is 11.3 Å². The molecule has 0 bridgehead atoms. The van der Waals surface area contributed by atoms with Gasteiger partial charge in [-0.1, -0.05) is 50.1 Å². The summed E-state index contributed by atoms with van der Waals surface area (Å²) < 4.78 is 0. The fourth-order valence-electron chi connectivity index (χ4n) is 4.62. The van der Waals surface area contributed by atoms with E-state index in [-0.39, 0.29) is 48.6 Å². The summed E-state index contributed by atoms with van der Waals surface area (Å²) in [6.45, 7) is 2.28. The lowest BCUT2D eigenvalue weighted by atomic mass is 9.81. The number of imide groups is 1. The summed E-state index contributed by atoms with van der Waals surface area (Å²) in [6.07, 6.45) is 4.71. The largest absolute Gasteiger partial charge is 0.344 e. The van der Waals surface area contributed by atoms with Crippen molar-refractivity contribution in [2.75, 3.05) is 6.54 Å². The van der Waals surface area contributed by atoms with Crippen molar-refractivity contribution >= 4 is 29.1 Å². The van der Waals surface area contributed by atoms with E-state index >= 15 is 0 Å². The molecular weight excluding hydrogens is 396 g/mol. The van der Waals surface area contributed by atoms with Gasteiger partial charge in [0.2, 0.25) is 17.7 Å². The molecular formula is C24H28N2O3S. The summed E-state index contributed by atoms with van der Waals surface area (Å²) in [6, 6.07) is 12.1. The monoisotopic (exact) mass is 424 g/mol. The van der Waals surface area contributed by atoms with Gasteiger partial charge in [0.1, 0.15) is 0 Å². The molecule has 1 aliphatic carbocycles. The van der Waals surface area contributed by atoms with Crippen LogP contribution in [0.5, 0.6) is 0 Å². The average molecular weight is 425 g/mol. The number of fused-ring (bicyclic) bond motifs is 1. The van der Waals surface area contributed by atoms with Crippen LogP contribution in [-0.2, 0) is 20.8 Å². The highest BCUT2D eigenvalue weighted by atomic mass is 32.1. The summed E-state index contributed by atoms with van der Waals surface area (Å²) in [4.78, 5) is 40.4. The predicted octanol–water partition coefficient (Wildman–Crippen LogP) is 4.08. The fraction of sp³-hybridized carbons (Fsp3) is 0.458. The molecule has 2 aromatic rings. The summed E-state index contributed by atoms with van der Waals surface area (Å²) in [5.41, 5.74) is 2.28. The number of hydrogen-bond acceptors (Lipinski definition) is 4. The van der Waals surface area contributed by atoms with Crippen molar-refractivity contribution in [2.45, 2.75) is 51.5 Å². The summed E-state index contributed by atoms with van der Waals surface area (Å²) in [7, 11) is 0. The van der Waals surface area contributed by atoms with Gasteiger partial charge in [-0.3, -0.25) is 19.3 Å². The van der Waals surface area contributed by atoms with Gasteiger partial charge in [0, 0.05) is 17.8 Å². The summed E-state index contributed by atoms with van der Waals surface area (Å²) in [5.74, 6) is -0.635. The van der Waals surface area contributed by atoms with Crippen LogP contribution in [0, 0.1) is 11.8 Å². The molecule has 1 N–H and O–H groups in total. The number of carbonyl (C=O) groups is 3. The fourth-order valence-corrected chi connectivity index (χ4v) is 5.42. The molecule has 1 saturated carbocycles. The average Bonchev–Trinajstić information content (AvgIpc) is 3.39. The number of benzene rings is 1. The second-order valence-electron chi connectivity index (χ2n) is 8.19. The Morgan fingerprint density at radius 2 is 1.77 bits per heavy atom. The molecule has 3 amide bonds. The number of nitrogens with one attached hydrogen (secondary N) is 1. The van der Waals surface area contributed by atoms with Gasteiger partial charge in [-0.25, -0.2) is 0 Å². The molecule has 1 aromatic carbocycles. The lowest BCUT2D eigenvalue weighted by Gasteiger charge is -2.20. The molecule has 0 unspecified atom stereocenters. The minimum Gasteiger partial charge on any atom is -0.344 e. The normalized spacial score (nSPS) is 22.1. The van der Waals surface area contributed by atoms with Crippen LogP contribution in [0.4, 0.5) is 0 Å². The Morgan fingerprint density at radius 1 is 1.10 bits per heavy atom. The number of aryl methyl sites for hydroxylation is 1. The van der Waals surface area contributed by atoms with Crippen LogP contribution in [-0.4, -0.2) is 29.2 Å². The predicted molar refractivity (Wildman–Crippen MR) is 117 cm³/mol. The maximum atomic E-state index is 12.8. The molecule has 6 heteroatoms. The lowest BCUT2D eigenvalue weighted by molar-refractivity contribution is -0.140. The Balaban J connectivity index is 1.42. The van der Waals surface area contributed by atoms with Crippen LogP contribution in [0.2, 0.25) is 0 Å². The van der Waals surface area contributed by atoms with Gasteiger partial charge in [-0.05, 0) is 41.8 Å². The molecule has 1 saturated heterocycles. The molecule has 1 aromatic heterocycles. The molecule has 2 aliphatic rings. The molecule has 30 heavy (non-hydrogen) atoms. The quantitative estimate of drug-likeness (QED) is 0.681. The molecule has 0 spiro atoms. The third-order valence-electron chi connectivity index (χ3n) is 6.35. The molecule has 2 heterocycles. The van der Waals surface area contributed by atoms with Gasteiger partial charge in [-0.15, -0.1) is 11.3 Å². The van der Waals surface area contributed by atoms with Crippen molar-refractivity contribution in [1.82, 2.24) is 10.2 Å². The first kappa shape index (κ1) is 20.8. The van der Waals surface area contributed by atoms with Crippen molar-refractivity contribution < 1.29 is 14.4 Å². The van der Waals surface area contributed by atoms with Gasteiger partial charge in [0.25, 0.3) is 0 Å². The van der Waals surface area contributed by atoms with Crippen LogP contribution < -0.4 is 5.32 Å². The zero-order valence-electron chi connectivity index (χ0n) is 17.3. The first-order valence-electron chi connectivity index (χ1n) is 10.8. The molecule has 4 rings (SSSR count). The standard InChI is InChI=1S/C24H28N2O3S/c1-2-16-9-11-17(12-10-16)22(20-8-5-15-30-20)25-21(27)13-14-26-23(28)18-6-3-4-7-19(18)24(26)29/h5,8-12,15,18-19,22H,2-4,6-7,13-14H2,1H3,(H,25,27)/t18-,19-,22+/m0/s1.